The predicted octanol–water partition coefficient (Wildman–Crippen LogP) is 4.37. The molecule has 2 aromatic rings. The van der Waals surface area contributed by atoms with E-state index < -0.39 is 27.4 Å². The summed E-state index contributed by atoms with van der Waals surface area (Å²) in [6.07, 6.45) is -4.41. The van der Waals surface area contributed by atoms with Crippen LogP contribution in [0, 0.1) is 12.7 Å². The number of para-hydroxylation sites is 1. The first-order chi connectivity index (χ1) is 13.8. The van der Waals surface area contributed by atoms with Crippen LogP contribution in [0.3, 0.4) is 0 Å². The van der Waals surface area contributed by atoms with Crippen LogP contribution in [-0.2, 0) is 9.84 Å². The molecular weight excluding hydrogens is 424 g/mol. The summed E-state index contributed by atoms with van der Waals surface area (Å²) in [6, 6.07) is 13.1. The van der Waals surface area contributed by atoms with E-state index in [1.807, 2.05) is 13.0 Å². The number of benzene rings is 2. The van der Waals surface area contributed by atoms with E-state index in [0.717, 1.165) is 5.56 Å². The fourth-order valence-corrected chi connectivity index (χ4v) is 3.99. The lowest BCUT2D eigenvalue weighted by molar-refractivity contribution is -0.155. The summed E-state index contributed by atoms with van der Waals surface area (Å²) >= 11 is 0. The number of nitrogens with zero attached hydrogens (tertiary/aromatic N) is 2. The Labute approximate surface area is 172 Å². The molecular formula is C20H22F4N2O3S. The quantitative estimate of drug-likeness (QED) is 0.657. The molecule has 1 aliphatic rings. The van der Waals surface area contributed by atoms with Crippen molar-refractivity contribution >= 4 is 21.4 Å². The summed E-state index contributed by atoms with van der Waals surface area (Å²) in [5, 5.41) is 0. The second kappa shape index (κ2) is 8.63. The first kappa shape index (κ1) is 23.7. The molecule has 30 heavy (non-hydrogen) atoms. The normalized spacial score (nSPS) is 19.1. The average molecular weight is 446 g/mol. The number of halogens is 4. The van der Waals surface area contributed by atoms with E-state index in [1.54, 1.807) is 36.4 Å². The van der Waals surface area contributed by atoms with Crippen molar-refractivity contribution in [3.63, 3.8) is 0 Å². The third-order valence-corrected chi connectivity index (χ3v) is 6.22. The minimum atomic E-state index is -4.97. The van der Waals surface area contributed by atoms with Crippen LogP contribution in [0.4, 0.5) is 23.2 Å². The van der Waals surface area contributed by atoms with Crippen molar-refractivity contribution in [2.75, 3.05) is 24.8 Å². The van der Waals surface area contributed by atoms with E-state index in [9.17, 15) is 26.0 Å². The van der Waals surface area contributed by atoms with Crippen molar-refractivity contribution in [1.29, 1.82) is 0 Å². The number of anilines is 1. The van der Waals surface area contributed by atoms with Crippen molar-refractivity contribution in [3.8, 4) is 5.75 Å². The Balaban J connectivity index is 0.000000269. The number of methoxy groups -OCH3 is 1. The zero-order valence-corrected chi connectivity index (χ0v) is 17.7. The van der Waals surface area contributed by atoms with Crippen LogP contribution in [0.1, 0.15) is 12.5 Å². The minimum absolute atomic E-state index is 0.0268. The number of sulfone groups is 1. The molecule has 1 heterocycles. The molecule has 164 valence electrons. The van der Waals surface area contributed by atoms with Gasteiger partial charge in [-0.25, -0.2) is 17.8 Å². The maximum Gasteiger partial charge on any atom is 0.429 e. The van der Waals surface area contributed by atoms with Crippen LogP contribution in [0.25, 0.3) is 0 Å². The zero-order chi connectivity index (χ0) is 22.7. The first-order valence-electron chi connectivity index (χ1n) is 8.78. The third-order valence-electron chi connectivity index (χ3n) is 4.54. The van der Waals surface area contributed by atoms with Gasteiger partial charge in [0.25, 0.3) is 4.87 Å². The number of ether oxygens (including phenoxy) is 1. The van der Waals surface area contributed by atoms with Gasteiger partial charge in [-0.2, -0.15) is 13.2 Å². The van der Waals surface area contributed by atoms with Gasteiger partial charge in [0.1, 0.15) is 5.84 Å². The van der Waals surface area contributed by atoms with E-state index >= 15 is 0 Å². The molecule has 3 rings (SSSR count). The minimum Gasteiger partial charge on any atom is -0.494 e. The smallest absolute Gasteiger partial charge is 0.429 e. The summed E-state index contributed by atoms with van der Waals surface area (Å²) in [5.74, 6) is 0.0204. The average Bonchev–Trinajstić information content (AvgIpc) is 3.02. The van der Waals surface area contributed by atoms with Crippen molar-refractivity contribution in [3.05, 3.63) is 59.9 Å². The number of aliphatic imine (C=N–C) groups is 1. The molecule has 2 aromatic carbocycles. The van der Waals surface area contributed by atoms with Gasteiger partial charge >= 0.3 is 6.18 Å². The summed E-state index contributed by atoms with van der Waals surface area (Å²) in [5.41, 5.74) is 1.38. The SMILES string of the molecule is CC1=NC(C(F)(F)F)(S(C)(=O)=O)CN1c1ccccc1.COc1ccc(C)cc1F. The second-order valence-corrected chi connectivity index (χ2v) is 8.99. The number of aryl methyl sites for hydroxylation is 1. The van der Waals surface area contributed by atoms with Crippen LogP contribution < -0.4 is 9.64 Å². The zero-order valence-electron chi connectivity index (χ0n) is 16.9. The fourth-order valence-electron chi connectivity index (χ4n) is 2.91. The highest BCUT2D eigenvalue weighted by molar-refractivity contribution is 7.92. The molecule has 1 atom stereocenters. The van der Waals surface area contributed by atoms with E-state index in [4.69, 9.17) is 4.74 Å². The van der Waals surface area contributed by atoms with Crippen molar-refractivity contribution < 1.29 is 30.7 Å². The van der Waals surface area contributed by atoms with Gasteiger partial charge in [-0.15, -0.1) is 0 Å². The monoisotopic (exact) mass is 446 g/mol. The molecule has 10 heteroatoms. The lowest BCUT2D eigenvalue weighted by atomic mass is 10.2. The Morgan fingerprint density at radius 1 is 1.10 bits per heavy atom. The Bertz CT molecular complexity index is 1020. The molecule has 0 bridgehead atoms. The highest BCUT2D eigenvalue weighted by Gasteiger charge is 2.66. The molecule has 0 saturated heterocycles. The number of alkyl halides is 3. The highest BCUT2D eigenvalue weighted by atomic mass is 32.2. The topological polar surface area (TPSA) is 59.0 Å². The van der Waals surface area contributed by atoms with Gasteiger partial charge in [-0.1, -0.05) is 24.3 Å². The van der Waals surface area contributed by atoms with Gasteiger partial charge in [0.2, 0.25) is 0 Å². The summed E-state index contributed by atoms with van der Waals surface area (Å²) in [6.45, 7) is 2.44. The molecule has 0 aromatic heterocycles. The highest BCUT2D eigenvalue weighted by Crippen LogP contribution is 2.43. The van der Waals surface area contributed by atoms with Gasteiger partial charge in [-0.3, -0.25) is 0 Å². The molecule has 5 nitrogen and oxygen atoms in total. The fraction of sp³-hybridized carbons (Fsp3) is 0.350. The summed E-state index contributed by atoms with van der Waals surface area (Å²) in [7, 11) is -3.00. The van der Waals surface area contributed by atoms with Gasteiger partial charge < -0.3 is 9.64 Å². The van der Waals surface area contributed by atoms with E-state index in [0.29, 0.717) is 17.7 Å². The second-order valence-electron chi connectivity index (χ2n) is 6.77. The molecule has 0 radical (unpaired) electrons. The van der Waals surface area contributed by atoms with Gasteiger partial charge in [0, 0.05) is 11.9 Å². The van der Waals surface area contributed by atoms with Gasteiger partial charge in [0.05, 0.1) is 13.7 Å². The Morgan fingerprint density at radius 2 is 1.70 bits per heavy atom. The number of hydrogen-bond donors (Lipinski definition) is 0. The molecule has 0 spiro atoms. The number of amidine groups is 1. The molecule has 0 saturated carbocycles. The van der Waals surface area contributed by atoms with Crippen molar-refractivity contribution in [2.45, 2.75) is 24.9 Å². The summed E-state index contributed by atoms with van der Waals surface area (Å²) < 4.78 is 80.6. The molecule has 0 N–H and O–H groups in total. The van der Waals surface area contributed by atoms with Crippen molar-refractivity contribution in [1.82, 2.24) is 0 Å². The van der Waals surface area contributed by atoms with Gasteiger partial charge in [-0.05, 0) is 43.7 Å². The number of hydrogen-bond acceptors (Lipinski definition) is 5. The van der Waals surface area contributed by atoms with Crippen molar-refractivity contribution in [2.24, 2.45) is 4.99 Å². The van der Waals surface area contributed by atoms with Gasteiger partial charge in [0.15, 0.2) is 21.4 Å². The molecule has 1 aliphatic heterocycles. The largest absolute Gasteiger partial charge is 0.494 e. The van der Waals surface area contributed by atoms with Crippen LogP contribution in [0.5, 0.6) is 5.75 Å². The van der Waals surface area contributed by atoms with Crippen LogP contribution in [0.2, 0.25) is 0 Å². The van der Waals surface area contributed by atoms with Crippen LogP contribution >= 0.6 is 0 Å². The van der Waals surface area contributed by atoms with E-state index in [1.165, 1.54) is 25.0 Å². The Morgan fingerprint density at radius 3 is 2.13 bits per heavy atom. The Hall–Kier alpha value is -2.62. The maximum absolute atomic E-state index is 13.3. The van der Waals surface area contributed by atoms with E-state index in [2.05, 4.69) is 4.99 Å². The molecule has 0 amide bonds. The standard InChI is InChI=1S/C12H13F3N2O2S.C8H9FO/c1-9-16-11(12(13,14)15,20(2,18)19)8-17(9)10-6-4-3-5-7-10;1-6-3-4-8(10-2)7(9)5-6/h3-7H,8H2,1-2H3;3-5H,1-2H3. The predicted molar refractivity (Wildman–Crippen MR) is 108 cm³/mol. The lowest BCUT2D eigenvalue weighted by Crippen LogP contribution is -2.53. The van der Waals surface area contributed by atoms with Crippen LogP contribution in [0.15, 0.2) is 53.5 Å². The summed E-state index contributed by atoms with van der Waals surface area (Å²) in [4.78, 5) is 1.61. The van der Waals surface area contributed by atoms with Crippen LogP contribution in [-0.4, -0.2) is 45.2 Å². The molecule has 1 unspecified atom stereocenters. The third kappa shape index (κ3) is 4.75. The first-order valence-corrected chi connectivity index (χ1v) is 10.7. The maximum atomic E-state index is 13.3. The lowest BCUT2D eigenvalue weighted by Gasteiger charge is -2.28. The number of rotatable bonds is 3. The Kier molecular flexibility index (Phi) is 6.80. The molecule has 0 aliphatic carbocycles. The van der Waals surface area contributed by atoms with E-state index in [-0.39, 0.29) is 11.7 Å². The molecule has 0 fully saturated rings.